The summed E-state index contributed by atoms with van der Waals surface area (Å²) in [6, 6.07) is 7.65. The molecule has 1 saturated carbocycles. The Labute approximate surface area is 130 Å². The summed E-state index contributed by atoms with van der Waals surface area (Å²) < 4.78 is 0. The summed E-state index contributed by atoms with van der Waals surface area (Å²) in [6.07, 6.45) is 4.34. The Kier molecular flexibility index (Phi) is 5.23. The topological polar surface area (TPSA) is 58.2 Å². The molecule has 5 heteroatoms. The highest BCUT2D eigenvalue weighted by Crippen LogP contribution is 2.39. The van der Waals surface area contributed by atoms with Gasteiger partial charge in [0.25, 0.3) is 0 Å². The number of carbonyl (C=O) groups is 2. The summed E-state index contributed by atoms with van der Waals surface area (Å²) >= 11 is 6.07. The number of hydrogen-bond donors (Lipinski definition) is 2. The minimum atomic E-state index is -0.348. The fourth-order valence-electron chi connectivity index (χ4n) is 2.87. The van der Waals surface area contributed by atoms with E-state index in [1.165, 1.54) is 0 Å². The lowest BCUT2D eigenvalue weighted by Gasteiger charge is -2.31. The number of nitrogens with one attached hydrogen (secondary N) is 2. The van der Waals surface area contributed by atoms with Gasteiger partial charge < -0.3 is 10.6 Å². The van der Waals surface area contributed by atoms with Crippen molar-refractivity contribution in [2.45, 2.75) is 44.6 Å². The van der Waals surface area contributed by atoms with Gasteiger partial charge in [-0.3, -0.25) is 9.59 Å². The van der Waals surface area contributed by atoms with Gasteiger partial charge in [-0.25, -0.2) is 0 Å². The van der Waals surface area contributed by atoms with Gasteiger partial charge in [0, 0.05) is 11.4 Å². The highest BCUT2D eigenvalue weighted by atomic mass is 35.5. The Morgan fingerprint density at radius 2 is 1.95 bits per heavy atom. The van der Waals surface area contributed by atoms with E-state index >= 15 is 0 Å². The Morgan fingerprint density at radius 3 is 2.57 bits per heavy atom. The van der Waals surface area contributed by atoms with Crippen LogP contribution in [-0.4, -0.2) is 18.4 Å². The molecule has 0 bridgehead atoms. The lowest BCUT2D eigenvalue weighted by Crippen LogP contribution is -2.47. The first-order valence-electron chi connectivity index (χ1n) is 7.39. The molecular weight excluding hydrogens is 288 g/mol. The molecule has 2 N–H and O–H groups in total. The van der Waals surface area contributed by atoms with Crippen molar-refractivity contribution < 1.29 is 9.59 Å². The van der Waals surface area contributed by atoms with Crippen LogP contribution in [0.3, 0.4) is 0 Å². The van der Waals surface area contributed by atoms with Crippen molar-refractivity contribution in [2.75, 3.05) is 6.54 Å². The van der Waals surface area contributed by atoms with Crippen LogP contribution in [0.2, 0.25) is 5.02 Å². The molecule has 1 aliphatic carbocycles. The summed E-state index contributed by atoms with van der Waals surface area (Å²) in [5.41, 5.74) is 0.696. The number of amides is 2. The van der Waals surface area contributed by atoms with Crippen molar-refractivity contribution in [3.8, 4) is 0 Å². The number of benzene rings is 1. The number of hydrogen-bond acceptors (Lipinski definition) is 2. The largest absolute Gasteiger partial charge is 0.347 e. The van der Waals surface area contributed by atoms with E-state index in [-0.39, 0.29) is 23.9 Å². The predicted octanol–water partition coefficient (Wildman–Crippen LogP) is 2.75. The molecule has 1 fully saturated rings. The van der Waals surface area contributed by atoms with Crippen molar-refractivity contribution in [1.82, 2.24) is 10.6 Å². The third-order valence-corrected chi connectivity index (χ3v) is 4.22. The SMILES string of the molecule is CCC(=O)NCC(=O)NC1(c2cccc(Cl)c2)CCCC1. The van der Waals surface area contributed by atoms with Crippen molar-refractivity contribution in [1.29, 1.82) is 0 Å². The van der Waals surface area contributed by atoms with Crippen LogP contribution in [0, 0.1) is 0 Å². The monoisotopic (exact) mass is 308 g/mol. The van der Waals surface area contributed by atoms with Crippen LogP contribution in [0.15, 0.2) is 24.3 Å². The van der Waals surface area contributed by atoms with Crippen molar-refractivity contribution >= 4 is 23.4 Å². The first kappa shape index (κ1) is 15.8. The van der Waals surface area contributed by atoms with E-state index < -0.39 is 0 Å². The van der Waals surface area contributed by atoms with E-state index in [0.29, 0.717) is 11.4 Å². The normalized spacial score (nSPS) is 16.5. The van der Waals surface area contributed by atoms with Gasteiger partial charge in [0.2, 0.25) is 11.8 Å². The van der Waals surface area contributed by atoms with Crippen LogP contribution in [0.5, 0.6) is 0 Å². The second kappa shape index (κ2) is 6.94. The molecule has 1 aromatic rings. The molecule has 2 amide bonds. The molecule has 0 radical (unpaired) electrons. The molecule has 0 unspecified atom stereocenters. The Morgan fingerprint density at radius 1 is 1.24 bits per heavy atom. The fourth-order valence-corrected chi connectivity index (χ4v) is 3.06. The zero-order valence-electron chi connectivity index (χ0n) is 12.2. The van der Waals surface area contributed by atoms with Crippen LogP contribution in [0.4, 0.5) is 0 Å². The van der Waals surface area contributed by atoms with Crippen LogP contribution < -0.4 is 10.6 Å². The molecule has 1 aromatic carbocycles. The molecule has 0 aliphatic heterocycles. The third kappa shape index (κ3) is 3.97. The zero-order chi connectivity index (χ0) is 15.3. The van der Waals surface area contributed by atoms with E-state index in [9.17, 15) is 9.59 Å². The average molecular weight is 309 g/mol. The molecule has 2 rings (SSSR count). The zero-order valence-corrected chi connectivity index (χ0v) is 13.0. The van der Waals surface area contributed by atoms with Crippen molar-refractivity contribution in [3.05, 3.63) is 34.9 Å². The number of carbonyl (C=O) groups excluding carboxylic acids is 2. The van der Waals surface area contributed by atoms with Gasteiger partial charge in [-0.2, -0.15) is 0 Å². The molecule has 4 nitrogen and oxygen atoms in total. The third-order valence-electron chi connectivity index (χ3n) is 3.98. The standard InChI is InChI=1S/C16H21ClN2O2/c1-2-14(20)18-11-15(21)19-16(8-3-4-9-16)12-6-5-7-13(17)10-12/h5-7,10H,2-4,8-9,11H2,1H3,(H,18,20)(H,19,21). The van der Waals surface area contributed by atoms with E-state index in [1.54, 1.807) is 6.92 Å². The van der Waals surface area contributed by atoms with E-state index in [2.05, 4.69) is 10.6 Å². The van der Waals surface area contributed by atoms with Crippen LogP contribution >= 0.6 is 11.6 Å². The quantitative estimate of drug-likeness (QED) is 0.878. The van der Waals surface area contributed by atoms with Gasteiger partial charge in [-0.05, 0) is 30.5 Å². The lowest BCUT2D eigenvalue weighted by atomic mass is 9.88. The molecule has 1 aliphatic rings. The Bertz CT molecular complexity index is 525. The molecule has 0 saturated heterocycles. The maximum atomic E-state index is 12.1. The molecule has 0 aromatic heterocycles. The van der Waals surface area contributed by atoms with Crippen molar-refractivity contribution in [3.63, 3.8) is 0 Å². The molecule has 0 spiro atoms. The van der Waals surface area contributed by atoms with Gasteiger partial charge in [0.15, 0.2) is 0 Å². The minimum Gasteiger partial charge on any atom is -0.347 e. The molecular formula is C16H21ClN2O2. The lowest BCUT2D eigenvalue weighted by molar-refractivity contribution is -0.127. The fraction of sp³-hybridized carbons (Fsp3) is 0.500. The highest BCUT2D eigenvalue weighted by Gasteiger charge is 2.37. The summed E-state index contributed by atoms with van der Waals surface area (Å²) in [7, 11) is 0. The van der Waals surface area contributed by atoms with Crippen LogP contribution in [-0.2, 0) is 15.1 Å². The summed E-state index contributed by atoms with van der Waals surface area (Å²) in [5.74, 6) is -0.271. The first-order valence-corrected chi connectivity index (χ1v) is 7.77. The van der Waals surface area contributed by atoms with Gasteiger partial charge in [-0.1, -0.05) is 43.5 Å². The van der Waals surface area contributed by atoms with E-state index in [4.69, 9.17) is 11.6 Å². The van der Waals surface area contributed by atoms with Crippen LogP contribution in [0.1, 0.15) is 44.6 Å². The highest BCUT2D eigenvalue weighted by molar-refractivity contribution is 6.30. The molecule has 21 heavy (non-hydrogen) atoms. The van der Waals surface area contributed by atoms with Gasteiger partial charge in [-0.15, -0.1) is 0 Å². The van der Waals surface area contributed by atoms with Gasteiger partial charge in [0.05, 0.1) is 12.1 Å². The Hall–Kier alpha value is -1.55. The maximum Gasteiger partial charge on any atom is 0.240 e. The number of rotatable bonds is 5. The number of halogens is 1. The maximum absolute atomic E-state index is 12.1. The summed E-state index contributed by atoms with van der Waals surface area (Å²) in [5, 5.41) is 6.39. The minimum absolute atomic E-state index is 0.0228. The predicted molar refractivity (Wildman–Crippen MR) is 83.0 cm³/mol. The second-order valence-electron chi connectivity index (χ2n) is 5.48. The second-order valence-corrected chi connectivity index (χ2v) is 5.91. The summed E-state index contributed by atoms with van der Waals surface area (Å²) in [6.45, 7) is 1.78. The Balaban J connectivity index is 2.08. The van der Waals surface area contributed by atoms with Crippen molar-refractivity contribution in [2.24, 2.45) is 0 Å². The van der Waals surface area contributed by atoms with Crippen LogP contribution in [0.25, 0.3) is 0 Å². The molecule has 114 valence electrons. The van der Waals surface area contributed by atoms with E-state index in [0.717, 1.165) is 31.2 Å². The van der Waals surface area contributed by atoms with Gasteiger partial charge in [0.1, 0.15) is 0 Å². The van der Waals surface area contributed by atoms with E-state index in [1.807, 2.05) is 24.3 Å². The smallest absolute Gasteiger partial charge is 0.240 e. The average Bonchev–Trinajstić information content (AvgIpc) is 2.94. The molecule has 0 atom stereocenters. The van der Waals surface area contributed by atoms with Gasteiger partial charge >= 0.3 is 0 Å². The molecule has 0 heterocycles. The summed E-state index contributed by atoms with van der Waals surface area (Å²) in [4.78, 5) is 23.4. The first-order chi connectivity index (χ1) is 10.1.